The SMILES string of the molecule is FCCCCOCC1CO1. The van der Waals surface area contributed by atoms with E-state index in [1.54, 1.807) is 0 Å². The number of alkyl halides is 1. The van der Waals surface area contributed by atoms with E-state index in [4.69, 9.17) is 9.47 Å². The molecule has 1 atom stereocenters. The van der Waals surface area contributed by atoms with Gasteiger partial charge in [0.2, 0.25) is 0 Å². The molecule has 60 valence electrons. The second-order valence-corrected chi connectivity index (χ2v) is 2.43. The highest BCUT2D eigenvalue weighted by molar-refractivity contribution is 4.66. The summed E-state index contributed by atoms with van der Waals surface area (Å²) in [5.41, 5.74) is 0. The zero-order valence-electron chi connectivity index (χ0n) is 6.01. The summed E-state index contributed by atoms with van der Waals surface area (Å²) in [5.74, 6) is 0. The van der Waals surface area contributed by atoms with Gasteiger partial charge in [-0.25, -0.2) is 0 Å². The van der Waals surface area contributed by atoms with E-state index in [0.717, 1.165) is 13.0 Å². The third-order valence-electron chi connectivity index (χ3n) is 1.38. The molecule has 0 aromatic carbocycles. The van der Waals surface area contributed by atoms with Gasteiger partial charge in [-0.05, 0) is 12.8 Å². The van der Waals surface area contributed by atoms with Crippen molar-refractivity contribution in [3.8, 4) is 0 Å². The van der Waals surface area contributed by atoms with Crippen LogP contribution in [0.3, 0.4) is 0 Å². The Balaban J connectivity index is 1.68. The average Bonchev–Trinajstić information content (AvgIpc) is 2.71. The highest BCUT2D eigenvalue weighted by Gasteiger charge is 2.21. The number of unbranched alkanes of at least 4 members (excludes halogenated alkanes) is 1. The van der Waals surface area contributed by atoms with Gasteiger partial charge < -0.3 is 9.47 Å². The van der Waals surface area contributed by atoms with Gasteiger partial charge in [-0.15, -0.1) is 0 Å². The minimum Gasteiger partial charge on any atom is -0.379 e. The van der Waals surface area contributed by atoms with E-state index in [9.17, 15) is 4.39 Å². The number of halogens is 1. The van der Waals surface area contributed by atoms with Gasteiger partial charge in [-0.1, -0.05) is 0 Å². The van der Waals surface area contributed by atoms with E-state index < -0.39 is 0 Å². The molecule has 0 saturated carbocycles. The van der Waals surface area contributed by atoms with Crippen LogP contribution in [0, 0.1) is 0 Å². The Kier molecular flexibility index (Phi) is 3.68. The second-order valence-electron chi connectivity index (χ2n) is 2.43. The largest absolute Gasteiger partial charge is 0.379 e. The summed E-state index contributed by atoms with van der Waals surface area (Å²) in [4.78, 5) is 0. The first-order chi connectivity index (χ1) is 4.93. The molecule has 0 bridgehead atoms. The topological polar surface area (TPSA) is 21.8 Å². The Labute approximate surface area is 60.3 Å². The van der Waals surface area contributed by atoms with Crippen LogP contribution in [0.2, 0.25) is 0 Å². The van der Waals surface area contributed by atoms with Gasteiger partial charge in [0.15, 0.2) is 0 Å². The maximum Gasteiger partial charge on any atom is 0.104 e. The Morgan fingerprint density at radius 2 is 2.30 bits per heavy atom. The van der Waals surface area contributed by atoms with Crippen molar-refractivity contribution in [1.82, 2.24) is 0 Å². The van der Waals surface area contributed by atoms with Crippen LogP contribution in [0.4, 0.5) is 4.39 Å². The van der Waals surface area contributed by atoms with E-state index in [-0.39, 0.29) is 6.67 Å². The third kappa shape index (κ3) is 3.80. The zero-order chi connectivity index (χ0) is 7.23. The van der Waals surface area contributed by atoms with Crippen molar-refractivity contribution in [3.63, 3.8) is 0 Å². The molecule has 1 rings (SSSR count). The fraction of sp³-hybridized carbons (Fsp3) is 1.00. The zero-order valence-corrected chi connectivity index (χ0v) is 6.01. The minimum atomic E-state index is -0.233. The van der Waals surface area contributed by atoms with Crippen molar-refractivity contribution in [2.45, 2.75) is 18.9 Å². The van der Waals surface area contributed by atoms with Crippen LogP contribution in [0.1, 0.15) is 12.8 Å². The summed E-state index contributed by atoms with van der Waals surface area (Å²) in [7, 11) is 0. The van der Waals surface area contributed by atoms with E-state index in [0.29, 0.717) is 25.7 Å². The molecule has 2 nitrogen and oxygen atoms in total. The van der Waals surface area contributed by atoms with Crippen LogP contribution >= 0.6 is 0 Å². The lowest BCUT2D eigenvalue weighted by atomic mass is 10.3. The monoisotopic (exact) mass is 148 g/mol. The molecule has 1 heterocycles. The van der Waals surface area contributed by atoms with E-state index in [1.807, 2.05) is 0 Å². The Morgan fingerprint density at radius 1 is 1.50 bits per heavy atom. The molecule has 1 aliphatic heterocycles. The maximum absolute atomic E-state index is 11.5. The lowest BCUT2D eigenvalue weighted by molar-refractivity contribution is 0.112. The van der Waals surface area contributed by atoms with Crippen molar-refractivity contribution < 1.29 is 13.9 Å². The highest BCUT2D eigenvalue weighted by atomic mass is 19.1. The first kappa shape index (κ1) is 7.95. The van der Waals surface area contributed by atoms with Crippen LogP contribution < -0.4 is 0 Å². The molecular weight excluding hydrogens is 135 g/mol. The molecule has 0 spiro atoms. The summed E-state index contributed by atoms with van der Waals surface area (Å²) in [6.45, 7) is 1.96. The van der Waals surface area contributed by atoms with Crippen molar-refractivity contribution in [2.75, 3.05) is 26.5 Å². The van der Waals surface area contributed by atoms with Crippen molar-refractivity contribution in [3.05, 3.63) is 0 Å². The molecule has 1 unspecified atom stereocenters. The predicted molar refractivity (Wildman–Crippen MR) is 35.8 cm³/mol. The first-order valence-electron chi connectivity index (χ1n) is 3.69. The van der Waals surface area contributed by atoms with E-state index in [1.165, 1.54) is 0 Å². The predicted octanol–water partition coefficient (Wildman–Crippen LogP) is 1.15. The normalized spacial score (nSPS) is 23.1. The van der Waals surface area contributed by atoms with Crippen LogP contribution in [0.5, 0.6) is 0 Å². The Morgan fingerprint density at radius 3 is 2.90 bits per heavy atom. The molecule has 1 aliphatic rings. The average molecular weight is 148 g/mol. The molecule has 0 amide bonds. The number of epoxide rings is 1. The lowest BCUT2D eigenvalue weighted by Gasteiger charge is -1.98. The molecule has 1 fully saturated rings. The Bertz CT molecular complexity index is 83.7. The number of hydrogen-bond acceptors (Lipinski definition) is 2. The van der Waals surface area contributed by atoms with Crippen molar-refractivity contribution >= 4 is 0 Å². The molecule has 0 aliphatic carbocycles. The van der Waals surface area contributed by atoms with Crippen LogP contribution in [0.15, 0.2) is 0 Å². The highest BCUT2D eigenvalue weighted by Crippen LogP contribution is 2.08. The van der Waals surface area contributed by atoms with Gasteiger partial charge in [0.05, 0.1) is 19.9 Å². The van der Waals surface area contributed by atoms with Crippen LogP contribution in [-0.4, -0.2) is 32.6 Å². The van der Waals surface area contributed by atoms with Gasteiger partial charge in [0.1, 0.15) is 6.10 Å². The standard InChI is InChI=1S/C7H13FO2/c8-3-1-2-4-9-5-7-6-10-7/h7H,1-6H2. The fourth-order valence-corrected chi connectivity index (χ4v) is 0.678. The molecule has 3 heteroatoms. The van der Waals surface area contributed by atoms with E-state index in [2.05, 4.69) is 0 Å². The van der Waals surface area contributed by atoms with Gasteiger partial charge >= 0.3 is 0 Å². The fourth-order valence-electron chi connectivity index (χ4n) is 0.678. The number of ether oxygens (including phenoxy) is 2. The molecule has 0 N–H and O–H groups in total. The van der Waals surface area contributed by atoms with Gasteiger partial charge in [0, 0.05) is 6.61 Å². The molecule has 10 heavy (non-hydrogen) atoms. The quantitative estimate of drug-likeness (QED) is 0.416. The van der Waals surface area contributed by atoms with Gasteiger partial charge in [-0.2, -0.15) is 0 Å². The maximum atomic E-state index is 11.5. The summed E-state index contributed by atoms with van der Waals surface area (Å²) in [5, 5.41) is 0. The second kappa shape index (κ2) is 4.63. The first-order valence-corrected chi connectivity index (χ1v) is 3.69. The lowest BCUT2D eigenvalue weighted by Crippen LogP contribution is -2.02. The molecule has 0 radical (unpaired) electrons. The smallest absolute Gasteiger partial charge is 0.104 e. The summed E-state index contributed by atoms with van der Waals surface area (Å²) < 4.78 is 21.6. The van der Waals surface area contributed by atoms with Gasteiger partial charge in [0.25, 0.3) is 0 Å². The van der Waals surface area contributed by atoms with E-state index >= 15 is 0 Å². The summed E-state index contributed by atoms with van der Waals surface area (Å²) in [6, 6.07) is 0. The van der Waals surface area contributed by atoms with Crippen LogP contribution in [0.25, 0.3) is 0 Å². The summed E-state index contributed by atoms with van der Waals surface area (Å²) in [6.07, 6.45) is 1.78. The summed E-state index contributed by atoms with van der Waals surface area (Å²) >= 11 is 0. The van der Waals surface area contributed by atoms with Gasteiger partial charge in [-0.3, -0.25) is 4.39 Å². The van der Waals surface area contributed by atoms with Crippen LogP contribution in [-0.2, 0) is 9.47 Å². The number of rotatable bonds is 6. The third-order valence-corrected chi connectivity index (χ3v) is 1.38. The molecule has 1 saturated heterocycles. The number of hydrogen-bond donors (Lipinski definition) is 0. The van der Waals surface area contributed by atoms with Crippen molar-refractivity contribution in [2.24, 2.45) is 0 Å². The minimum absolute atomic E-state index is 0.233. The molecule has 0 aromatic rings. The molecule has 0 aromatic heterocycles. The molecular formula is C7H13FO2. The Hall–Kier alpha value is -0.150. The van der Waals surface area contributed by atoms with Crippen molar-refractivity contribution in [1.29, 1.82) is 0 Å².